The number of hydrogen-bond donors (Lipinski definition) is 1. The maximum Gasteiger partial charge on any atom is 0.246 e. The van der Waals surface area contributed by atoms with Crippen LogP contribution in [0.2, 0.25) is 5.02 Å². The molecule has 2 rings (SSSR count). The van der Waals surface area contributed by atoms with Gasteiger partial charge in [-0.2, -0.15) is 0 Å². The molecule has 1 aliphatic heterocycles. The van der Waals surface area contributed by atoms with E-state index >= 15 is 0 Å². The van der Waals surface area contributed by atoms with Gasteiger partial charge in [0.25, 0.3) is 0 Å². The zero-order chi connectivity index (χ0) is 15.6. The molecule has 0 spiro atoms. The molecular weight excluding hydrogens is 288 g/mol. The summed E-state index contributed by atoms with van der Waals surface area (Å²) in [5.74, 6) is -0.0616. The van der Waals surface area contributed by atoms with Crippen molar-refractivity contribution < 1.29 is 9.59 Å². The number of benzene rings is 1. The highest BCUT2D eigenvalue weighted by Crippen LogP contribution is 2.24. The highest BCUT2D eigenvalue weighted by Gasteiger charge is 2.41. The molecule has 0 aliphatic carbocycles. The second kappa shape index (κ2) is 6.48. The maximum absolute atomic E-state index is 12.6. The summed E-state index contributed by atoms with van der Waals surface area (Å²) in [4.78, 5) is 26.6. The van der Waals surface area contributed by atoms with Gasteiger partial charge >= 0.3 is 0 Å². The van der Waals surface area contributed by atoms with Crippen LogP contribution in [-0.4, -0.2) is 28.8 Å². The molecule has 5 heteroatoms. The molecule has 1 N–H and O–H groups in total. The van der Waals surface area contributed by atoms with Gasteiger partial charge in [-0.15, -0.1) is 0 Å². The van der Waals surface area contributed by atoms with Gasteiger partial charge in [0.1, 0.15) is 12.1 Å². The van der Waals surface area contributed by atoms with Gasteiger partial charge in [0.2, 0.25) is 11.8 Å². The topological polar surface area (TPSA) is 49.4 Å². The first-order valence-electron chi connectivity index (χ1n) is 7.30. The van der Waals surface area contributed by atoms with E-state index in [0.29, 0.717) is 18.0 Å². The van der Waals surface area contributed by atoms with Crippen LogP contribution in [0.25, 0.3) is 0 Å². The second-order valence-corrected chi connectivity index (χ2v) is 6.12. The Hall–Kier alpha value is -1.55. The summed E-state index contributed by atoms with van der Waals surface area (Å²) in [6, 6.07) is 6.54. The van der Waals surface area contributed by atoms with Crippen molar-refractivity contribution >= 4 is 23.4 Å². The fourth-order valence-corrected chi connectivity index (χ4v) is 2.92. The zero-order valence-corrected chi connectivity index (χ0v) is 13.4. The van der Waals surface area contributed by atoms with Gasteiger partial charge in [-0.05, 0) is 24.0 Å². The average Bonchev–Trinajstić information content (AvgIpc) is 2.44. The molecule has 1 aliphatic rings. The number of amides is 2. The van der Waals surface area contributed by atoms with Crippen LogP contribution in [0.3, 0.4) is 0 Å². The number of nitrogens with zero attached hydrogens (tertiary/aromatic N) is 1. The lowest BCUT2D eigenvalue weighted by Crippen LogP contribution is -2.64. The van der Waals surface area contributed by atoms with E-state index in [2.05, 4.69) is 5.32 Å². The minimum absolute atomic E-state index is 0.0317. The first-order chi connectivity index (χ1) is 9.95. The number of halogens is 1. The van der Waals surface area contributed by atoms with Gasteiger partial charge in [0.15, 0.2) is 0 Å². The van der Waals surface area contributed by atoms with Crippen LogP contribution >= 0.6 is 11.6 Å². The third kappa shape index (κ3) is 3.21. The van der Waals surface area contributed by atoms with Gasteiger partial charge in [0.05, 0.1) is 0 Å². The summed E-state index contributed by atoms with van der Waals surface area (Å²) in [6.45, 7) is 6.16. The predicted octanol–water partition coefficient (Wildman–Crippen LogP) is 2.60. The van der Waals surface area contributed by atoms with Crippen molar-refractivity contribution in [3.8, 4) is 0 Å². The SMILES string of the molecule is CCC1NC(=O)C(C(C)C)N(Cc2ccccc2Cl)C1=O. The molecule has 21 heavy (non-hydrogen) atoms. The standard InChI is InChI=1S/C16H21ClN2O2/c1-4-13-16(21)19(14(10(2)3)15(20)18-13)9-11-7-5-6-8-12(11)17/h5-8,10,13-14H,4,9H2,1-3H3,(H,18,20). The lowest BCUT2D eigenvalue weighted by Gasteiger charge is -2.40. The lowest BCUT2D eigenvalue weighted by molar-refractivity contribution is -0.152. The fraction of sp³-hybridized carbons (Fsp3) is 0.500. The number of hydrogen-bond acceptors (Lipinski definition) is 2. The Morgan fingerprint density at radius 2 is 1.95 bits per heavy atom. The Kier molecular flexibility index (Phi) is 4.88. The van der Waals surface area contributed by atoms with Crippen molar-refractivity contribution in [2.45, 2.75) is 45.8 Å². The van der Waals surface area contributed by atoms with Crippen LogP contribution in [0.15, 0.2) is 24.3 Å². The van der Waals surface area contributed by atoms with Crippen LogP contribution in [0, 0.1) is 5.92 Å². The molecule has 1 aromatic carbocycles. The van der Waals surface area contributed by atoms with E-state index in [4.69, 9.17) is 11.6 Å². The maximum atomic E-state index is 12.6. The van der Waals surface area contributed by atoms with Crippen LogP contribution in [0.1, 0.15) is 32.8 Å². The van der Waals surface area contributed by atoms with Crippen LogP contribution in [0.4, 0.5) is 0 Å². The molecule has 0 aromatic heterocycles. The minimum Gasteiger partial charge on any atom is -0.343 e. The average molecular weight is 309 g/mol. The zero-order valence-electron chi connectivity index (χ0n) is 12.6. The summed E-state index contributed by atoms with van der Waals surface area (Å²) in [5, 5.41) is 3.43. The van der Waals surface area contributed by atoms with Crippen molar-refractivity contribution in [1.82, 2.24) is 10.2 Å². The molecule has 1 aromatic rings. The summed E-state index contributed by atoms with van der Waals surface area (Å²) >= 11 is 6.19. The van der Waals surface area contributed by atoms with Crippen LogP contribution in [-0.2, 0) is 16.1 Å². The second-order valence-electron chi connectivity index (χ2n) is 5.72. The fourth-order valence-electron chi connectivity index (χ4n) is 2.72. The van der Waals surface area contributed by atoms with E-state index in [9.17, 15) is 9.59 Å². The number of carbonyl (C=O) groups is 2. The van der Waals surface area contributed by atoms with E-state index in [0.717, 1.165) is 5.56 Å². The predicted molar refractivity (Wildman–Crippen MR) is 82.8 cm³/mol. The normalized spacial score (nSPS) is 22.6. The summed E-state index contributed by atoms with van der Waals surface area (Å²) in [6.07, 6.45) is 0.592. The molecular formula is C16H21ClN2O2. The van der Waals surface area contributed by atoms with Crippen molar-refractivity contribution in [3.05, 3.63) is 34.9 Å². The van der Waals surface area contributed by atoms with Gasteiger partial charge in [0, 0.05) is 11.6 Å². The van der Waals surface area contributed by atoms with E-state index in [1.807, 2.05) is 39.0 Å². The largest absolute Gasteiger partial charge is 0.343 e. The van der Waals surface area contributed by atoms with Crippen molar-refractivity contribution in [2.24, 2.45) is 5.92 Å². The Morgan fingerprint density at radius 3 is 2.52 bits per heavy atom. The van der Waals surface area contributed by atoms with Crippen molar-refractivity contribution in [3.63, 3.8) is 0 Å². The molecule has 0 radical (unpaired) electrons. The highest BCUT2D eigenvalue weighted by atomic mass is 35.5. The van der Waals surface area contributed by atoms with Gasteiger partial charge in [-0.3, -0.25) is 9.59 Å². The molecule has 1 heterocycles. The smallest absolute Gasteiger partial charge is 0.246 e. The van der Waals surface area contributed by atoms with Crippen LogP contribution < -0.4 is 5.32 Å². The van der Waals surface area contributed by atoms with Gasteiger partial charge in [-0.25, -0.2) is 0 Å². The molecule has 0 saturated carbocycles. The molecule has 1 fully saturated rings. The van der Waals surface area contributed by atoms with Gasteiger partial charge in [-0.1, -0.05) is 50.6 Å². The summed E-state index contributed by atoms with van der Waals surface area (Å²) < 4.78 is 0. The highest BCUT2D eigenvalue weighted by molar-refractivity contribution is 6.31. The molecule has 114 valence electrons. The van der Waals surface area contributed by atoms with Crippen molar-refractivity contribution in [1.29, 1.82) is 0 Å². The third-order valence-corrected chi connectivity index (χ3v) is 4.21. The van der Waals surface area contributed by atoms with Gasteiger partial charge < -0.3 is 10.2 Å². The number of carbonyl (C=O) groups excluding carboxylic acids is 2. The number of nitrogens with one attached hydrogen (secondary N) is 1. The van der Waals surface area contributed by atoms with E-state index in [1.54, 1.807) is 11.0 Å². The minimum atomic E-state index is -0.448. The Bertz CT molecular complexity index is 545. The first-order valence-corrected chi connectivity index (χ1v) is 7.67. The lowest BCUT2D eigenvalue weighted by atomic mass is 9.95. The Labute approximate surface area is 130 Å². The molecule has 2 unspecified atom stereocenters. The molecule has 2 amide bonds. The summed E-state index contributed by atoms with van der Waals surface area (Å²) in [5.41, 5.74) is 0.864. The van der Waals surface area contributed by atoms with E-state index < -0.39 is 12.1 Å². The summed E-state index contributed by atoms with van der Waals surface area (Å²) in [7, 11) is 0. The molecule has 0 bridgehead atoms. The molecule has 1 saturated heterocycles. The van der Waals surface area contributed by atoms with E-state index in [-0.39, 0.29) is 17.7 Å². The molecule has 4 nitrogen and oxygen atoms in total. The Morgan fingerprint density at radius 1 is 1.29 bits per heavy atom. The van der Waals surface area contributed by atoms with Crippen LogP contribution in [0.5, 0.6) is 0 Å². The number of rotatable bonds is 4. The van der Waals surface area contributed by atoms with E-state index in [1.165, 1.54) is 0 Å². The number of piperazine rings is 1. The third-order valence-electron chi connectivity index (χ3n) is 3.84. The Balaban J connectivity index is 2.32. The quantitative estimate of drug-likeness (QED) is 0.929. The first kappa shape index (κ1) is 15.8. The monoisotopic (exact) mass is 308 g/mol. The van der Waals surface area contributed by atoms with Crippen molar-refractivity contribution in [2.75, 3.05) is 0 Å². The molecule has 2 atom stereocenters.